The van der Waals surface area contributed by atoms with Crippen molar-refractivity contribution in [3.05, 3.63) is 29.6 Å². The lowest BCUT2D eigenvalue weighted by molar-refractivity contribution is -0.122. The van der Waals surface area contributed by atoms with Gasteiger partial charge in [0, 0.05) is 12.1 Å². The third-order valence-corrected chi connectivity index (χ3v) is 2.35. The van der Waals surface area contributed by atoms with E-state index in [1.54, 1.807) is 13.8 Å². The fourth-order valence-electron chi connectivity index (χ4n) is 1.34. The summed E-state index contributed by atoms with van der Waals surface area (Å²) in [4.78, 5) is 23.1. The molecule has 0 bridgehead atoms. The Kier molecular flexibility index (Phi) is 4.65. The first-order valence-corrected chi connectivity index (χ1v) is 5.59. The van der Waals surface area contributed by atoms with E-state index in [9.17, 15) is 14.0 Å². The monoisotopic (exact) mass is 253 g/mol. The summed E-state index contributed by atoms with van der Waals surface area (Å²) in [6.07, 6.45) is 0. The number of hydrogen-bond acceptors (Lipinski definition) is 3. The average molecular weight is 253 g/mol. The molecule has 4 N–H and O–H groups in total. The maximum Gasteiger partial charge on any atom is 0.252 e. The standard InChI is InChI=1S/C12H16FN3O2/c1-3-15-11(17)7(2)16-12(18)8-4-5-10(14)9(13)6-8/h4-7H,3,14H2,1-2H3,(H,15,17)(H,16,18). The average Bonchev–Trinajstić information content (AvgIpc) is 2.32. The first kappa shape index (κ1) is 14.0. The van der Waals surface area contributed by atoms with Gasteiger partial charge in [0.2, 0.25) is 5.91 Å². The van der Waals surface area contributed by atoms with Gasteiger partial charge in [-0.1, -0.05) is 0 Å². The molecule has 5 nitrogen and oxygen atoms in total. The lowest BCUT2D eigenvalue weighted by atomic mass is 10.1. The largest absolute Gasteiger partial charge is 0.396 e. The summed E-state index contributed by atoms with van der Waals surface area (Å²) < 4.78 is 13.2. The van der Waals surface area contributed by atoms with Gasteiger partial charge in [0.1, 0.15) is 11.9 Å². The molecule has 98 valence electrons. The van der Waals surface area contributed by atoms with Crippen LogP contribution in [0.3, 0.4) is 0 Å². The minimum absolute atomic E-state index is 0.0247. The van der Waals surface area contributed by atoms with E-state index >= 15 is 0 Å². The van der Waals surface area contributed by atoms with Crippen LogP contribution in [-0.2, 0) is 4.79 Å². The third kappa shape index (κ3) is 3.44. The van der Waals surface area contributed by atoms with Crippen LogP contribution >= 0.6 is 0 Å². The molecule has 0 saturated carbocycles. The molecule has 0 spiro atoms. The second-order valence-electron chi connectivity index (χ2n) is 3.83. The summed E-state index contributed by atoms with van der Waals surface area (Å²) in [6, 6.07) is 3.06. The third-order valence-electron chi connectivity index (χ3n) is 2.35. The second kappa shape index (κ2) is 6.00. The van der Waals surface area contributed by atoms with Crippen LogP contribution in [0.5, 0.6) is 0 Å². The zero-order valence-electron chi connectivity index (χ0n) is 10.3. The molecule has 0 radical (unpaired) electrons. The van der Waals surface area contributed by atoms with E-state index in [2.05, 4.69) is 10.6 Å². The number of hydrogen-bond donors (Lipinski definition) is 3. The Morgan fingerprint density at radius 2 is 2.11 bits per heavy atom. The van der Waals surface area contributed by atoms with Gasteiger partial charge < -0.3 is 16.4 Å². The first-order valence-electron chi connectivity index (χ1n) is 5.59. The quantitative estimate of drug-likeness (QED) is 0.689. The zero-order chi connectivity index (χ0) is 13.7. The molecule has 0 aliphatic heterocycles. The number of anilines is 1. The highest BCUT2D eigenvalue weighted by Gasteiger charge is 2.16. The smallest absolute Gasteiger partial charge is 0.252 e. The van der Waals surface area contributed by atoms with Crippen molar-refractivity contribution in [2.45, 2.75) is 19.9 Å². The molecule has 1 unspecified atom stereocenters. The Morgan fingerprint density at radius 3 is 2.67 bits per heavy atom. The molecule has 6 heteroatoms. The van der Waals surface area contributed by atoms with Crippen LogP contribution in [0.15, 0.2) is 18.2 Å². The summed E-state index contributed by atoms with van der Waals surface area (Å²) >= 11 is 0. The number of carbonyl (C=O) groups excluding carboxylic acids is 2. The lowest BCUT2D eigenvalue weighted by Gasteiger charge is -2.13. The van der Waals surface area contributed by atoms with E-state index in [0.717, 1.165) is 6.07 Å². The van der Waals surface area contributed by atoms with Gasteiger partial charge in [-0.15, -0.1) is 0 Å². The number of amides is 2. The van der Waals surface area contributed by atoms with Gasteiger partial charge in [0.25, 0.3) is 5.91 Å². The maximum absolute atomic E-state index is 13.2. The number of benzene rings is 1. The van der Waals surface area contributed by atoms with E-state index in [4.69, 9.17) is 5.73 Å². The molecule has 1 aromatic rings. The molecule has 0 fully saturated rings. The molecule has 2 amide bonds. The van der Waals surface area contributed by atoms with Crippen molar-refractivity contribution >= 4 is 17.5 Å². The summed E-state index contributed by atoms with van der Waals surface area (Å²) in [5.41, 5.74) is 5.41. The molecule has 0 heterocycles. The van der Waals surface area contributed by atoms with E-state index in [1.165, 1.54) is 12.1 Å². The van der Waals surface area contributed by atoms with Crippen molar-refractivity contribution in [1.29, 1.82) is 0 Å². The summed E-state index contributed by atoms with van der Waals surface area (Å²) in [5, 5.41) is 5.04. The van der Waals surface area contributed by atoms with Crippen molar-refractivity contribution in [3.63, 3.8) is 0 Å². The molecule has 1 rings (SSSR count). The molecule has 1 atom stereocenters. The van der Waals surface area contributed by atoms with Crippen LogP contribution in [-0.4, -0.2) is 24.4 Å². The molecular formula is C12H16FN3O2. The highest BCUT2D eigenvalue weighted by atomic mass is 19.1. The van der Waals surface area contributed by atoms with Gasteiger partial charge in [-0.05, 0) is 32.0 Å². The van der Waals surface area contributed by atoms with Crippen LogP contribution in [0, 0.1) is 5.82 Å². The van der Waals surface area contributed by atoms with Gasteiger partial charge in [-0.2, -0.15) is 0 Å². The predicted molar refractivity (Wildman–Crippen MR) is 66.4 cm³/mol. The molecule has 0 aliphatic carbocycles. The summed E-state index contributed by atoms with van der Waals surface area (Å²) in [5.74, 6) is -1.47. The van der Waals surface area contributed by atoms with Crippen molar-refractivity contribution in [1.82, 2.24) is 10.6 Å². The maximum atomic E-state index is 13.2. The Bertz CT molecular complexity index is 463. The number of rotatable bonds is 4. The van der Waals surface area contributed by atoms with Gasteiger partial charge in [0.05, 0.1) is 5.69 Å². The Hall–Kier alpha value is -2.11. The Labute approximate surface area is 105 Å². The summed E-state index contributed by atoms with van der Waals surface area (Å²) in [7, 11) is 0. The molecule has 0 saturated heterocycles. The highest BCUT2D eigenvalue weighted by Crippen LogP contribution is 2.11. The van der Waals surface area contributed by atoms with Gasteiger partial charge >= 0.3 is 0 Å². The fourth-order valence-corrected chi connectivity index (χ4v) is 1.34. The molecular weight excluding hydrogens is 237 g/mol. The summed E-state index contributed by atoms with van der Waals surface area (Å²) in [6.45, 7) is 3.81. The minimum atomic E-state index is -0.682. The number of nitrogens with two attached hydrogens (primary N) is 1. The van der Waals surface area contributed by atoms with Crippen LogP contribution in [0.25, 0.3) is 0 Å². The van der Waals surface area contributed by atoms with Crippen molar-refractivity contribution in [3.8, 4) is 0 Å². The number of nitrogen functional groups attached to an aromatic ring is 1. The SMILES string of the molecule is CCNC(=O)C(C)NC(=O)c1ccc(N)c(F)c1. The topological polar surface area (TPSA) is 84.2 Å². The van der Waals surface area contributed by atoms with E-state index in [-0.39, 0.29) is 17.2 Å². The van der Waals surface area contributed by atoms with Crippen LogP contribution in [0.4, 0.5) is 10.1 Å². The zero-order valence-corrected chi connectivity index (χ0v) is 10.3. The van der Waals surface area contributed by atoms with Crippen molar-refractivity contribution in [2.75, 3.05) is 12.3 Å². The number of likely N-dealkylation sites (N-methyl/N-ethyl adjacent to an activating group) is 1. The fraction of sp³-hybridized carbons (Fsp3) is 0.333. The molecule has 1 aromatic carbocycles. The Balaban J connectivity index is 2.70. The lowest BCUT2D eigenvalue weighted by Crippen LogP contribution is -2.44. The van der Waals surface area contributed by atoms with Gasteiger partial charge in [0.15, 0.2) is 0 Å². The predicted octanol–water partition coefficient (Wildman–Crippen LogP) is 0.662. The van der Waals surface area contributed by atoms with E-state index in [1.807, 2.05) is 0 Å². The number of nitrogens with one attached hydrogen (secondary N) is 2. The second-order valence-corrected chi connectivity index (χ2v) is 3.83. The normalized spacial score (nSPS) is 11.7. The van der Waals surface area contributed by atoms with Crippen LogP contribution < -0.4 is 16.4 Å². The van der Waals surface area contributed by atoms with Crippen molar-refractivity contribution < 1.29 is 14.0 Å². The minimum Gasteiger partial charge on any atom is -0.396 e. The Morgan fingerprint density at radius 1 is 1.44 bits per heavy atom. The van der Waals surface area contributed by atoms with Crippen LogP contribution in [0.1, 0.15) is 24.2 Å². The molecule has 18 heavy (non-hydrogen) atoms. The number of halogens is 1. The number of carbonyl (C=O) groups is 2. The van der Waals surface area contributed by atoms with E-state index < -0.39 is 17.8 Å². The van der Waals surface area contributed by atoms with Crippen molar-refractivity contribution in [2.24, 2.45) is 0 Å². The van der Waals surface area contributed by atoms with Crippen LogP contribution in [0.2, 0.25) is 0 Å². The first-order chi connectivity index (χ1) is 8.45. The highest BCUT2D eigenvalue weighted by molar-refractivity contribution is 5.97. The van der Waals surface area contributed by atoms with E-state index in [0.29, 0.717) is 6.54 Å². The molecule has 0 aliphatic rings. The van der Waals surface area contributed by atoms with Gasteiger partial charge in [-0.3, -0.25) is 9.59 Å². The molecule has 0 aromatic heterocycles. The van der Waals surface area contributed by atoms with Gasteiger partial charge in [-0.25, -0.2) is 4.39 Å².